The summed E-state index contributed by atoms with van der Waals surface area (Å²) in [4.78, 5) is 13.1. The zero-order chi connectivity index (χ0) is 20.4. The van der Waals surface area contributed by atoms with E-state index < -0.39 is 0 Å². The lowest BCUT2D eigenvalue weighted by Gasteiger charge is -2.12. The van der Waals surface area contributed by atoms with Crippen molar-refractivity contribution in [2.24, 2.45) is 0 Å². The van der Waals surface area contributed by atoms with Gasteiger partial charge in [0, 0.05) is 23.2 Å². The van der Waals surface area contributed by atoms with Gasteiger partial charge < -0.3 is 19.9 Å². The largest absolute Gasteiger partial charge is 0.493 e. The SMILES string of the molecule is COc1ccc(-c2nc(N)nc3ccc(-c4ccc(OC)c(OC)c4)cc23)cn1. The number of rotatable bonds is 5. The van der Waals surface area contributed by atoms with Gasteiger partial charge in [-0.3, -0.25) is 0 Å². The normalized spacial score (nSPS) is 10.7. The van der Waals surface area contributed by atoms with Gasteiger partial charge in [0.15, 0.2) is 11.5 Å². The first-order chi connectivity index (χ1) is 14.1. The summed E-state index contributed by atoms with van der Waals surface area (Å²) in [5.74, 6) is 2.09. The lowest BCUT2D eigenvalue weighted by Crippen LogP contribution is -1.99. The molecule has 0 atom stereocenters. The number of pyridine rings is 1. The summed E-state index contributed by atoms with van der Waals surface area (Å²) in [5, 5.41) is 0.874. The molecule has 0 unspecified atom stereocenters. The van der Waals surface area contributed by atoms with E-state index in [1.165, 1.54) is 0 Å². The number of ether oxygens (including phenoxy) is 3. The second kappa shape index (κ2) is 7.63. The van der Waals surface area contributed by atoms with Crippen molar-refractivity contribution in [1.82, 2.24) is 15.0 Å². The summed E-state index contributed by atoms with van der Waals surface area (Å²) >= 11 is 0. The number of hydrogen-bond acceptors (Lipinski definition) is 7. The average molecular weight is 388 g/mol. The van der Waals surface area contributed by atoms with Crippen molar-refractivity contribution in [2.75, 3.05) is 27.1 Å². The standard InChI is InChI=1S/C22H20N4O3/c1-27-18-8-5-14(11-19(18)28-2)13-4-7-17-16(10-13)21(26-22(23)25-17)15-6-9-20(29-3)24-12-15/h4-12H,1-3H3,(H2,23,25,26). The minimum absolute atomic E-state index is 0.210. The maximum atomic E-state index is 5.94. The third-order valence-corrected chi connectivity index (χ3v) is 4.65. The number of aromatic nitrogens is 3. The molecule has 4 aromatic rings. The molecule has 7 nitrogen and oxygen atoms in total. The Morgan fingerprint density at radius 1 is 0.724 bits per heavy atom. The van der Waals surface area contributed by atoms with Gasteiger partial charge in [-0.1, -0.05) is 12.1 Å². The van der Waals surface area contributed by atoms with E-state index in [9.17, 15) is 0 Å². The molecule has 0 bridgehead atoms. The van der Waals surface area contributed by atoms with Crippen LogP contribution < -0.4 is 19.9 Å². The van der Waals surface area contributed by atoms with Crippen LogP contribution in [0.5, 0.6) is 17.4 Å². The van der Waals surface area contributed by atoms with Gasteiger partial charge in [-0.25, -0.2) is 15.0 Å². The Morgan fingerprint density at radius 3 is 2.14 bits per heavy atom. The molecule has 0 amide bonds. The van der Waals surface area contributed by atoms with Crippen LogP contribution in [0.25, 0.3) is 33.3 Å². The van der Waals surface area contributed by atoms with Gasteiger partial charge in [-0.15, -0.1) is 0 Å². The highest BCUT2D eigenvalue weighted by atomic mass is 16.5. The van der Waals surface area contributed by atoms with Crippen molar-refractivity contribution in [1.29, 1.82) is 0 Å². The van der Waals surface area contributed by atoms with Crippen molar-refractivity contribution in [3.8, 4) is 39.8 Å². The van der Waals surface area contributed by atoms with Crippen LogP contribution in [0.4, 0.5) is 5.95 Å². The molecular formula is C22H20N4O3. The maximum absolute atomic E-state index is 5.94. The number of benzene rings is 2. The number of fused-ring (bicyclic) bond motifs is 1. The number of nitrogens with two attached hydrogens (primary N) is 1. The molecule has 2 N–H and O–H groups in total. The summed E-state index contributed by atoms with van der Waals surface area (Å²) in [5.41, 5.74) is 10.2. The molecule has 0 spiro atoms. The van der Waals surface area contributed by atoms with Crippen LogP contribution in [0.1, 0.15) is 0 Å². The Balaban J connectivity index is 1.87. The molecule has 0 saturated heterocycles. The third-order valence-electron chi connectivity index (χ3n) is 4.65. The van der Waals surface area contributed by atoms with Gasteiger partial charge in [0.2, 0.25) is 11.8 Å². The van der Waals surface area contributed by atoms with E-state index in [0.29, 0.717) is 23.1 Å². The van der Waals surface area contributed by atoms with E-state index in [-0.39, 0.29) is 5.95 Å². The molecule has 0 aliphatic heterocycles. The molecule has 0 aliphatic rings. The summed E-state index contributed by atoms with van der Waals surface area (Å²) < 4.78 is 15.9. The molecule has 2 aromatic carbocycles. The number of hydrogen-bond donors (Lipinski definition) is 1. The lowest BCUT2D eigenvalue weighted by molar-refractivity contribution is 0.355. The fraction of sp³-hybridized carbons (Fsp3) is 0.136. The van der Waals surface area contributed by atoms with Crippen molar-refractivity contribution in [3.05, 3.63) is 54.7 Å². The molecule has 7 heteroatoms. The van der Waals surface area contributed by atoms with Gasteiger partial charge in [0.25, 0.3) is 0 Å². The van der Waals surface area contributed by atoms with Crippen LogP contribution in [-0.2, 0) is 0 Å². The Labute approximate surface area is 168 Å². The average Bonchev–Trinajstić information content (AvgIpc) is 2.77. The van der Waals surface area contributed by atoms with Gasteiger partial charge in [-0.05, 0) is 41.5 Å². The van der Waals surface area contributed by atoms with Gasteiger partial charge >= 0.3 is 0 Å². The number of anilines is 1. The van der Waals surface area contributed by atoms with E-state index in [2.05, 4.69) is 15.0 Å². The number of nitrogen functional groups attached to an aromatic ring is 1. The second-order valence-corrected chi connectivity index (χ2v) is 6.32. The van der Waals surface area contributed by atoms with Crippen molar-refractivity contribution >= 4 is 16.9 Å². The van der Waals surface area contributed by atoms with Gasteiger partial charge in [-0.2, -0.15) is 0 Å². The molecule has 146 valence electrons. The van der Waals surface area contributed by atoms with Crippen LogP contribution in [-0.4, -0.2) is 36.3 Å². The molecule has 4 rings (SSSR count). The first-order valence-electron chi connectivity index (χ1n) is 8.93. The molecular weight excluding hydrogens is 368 g/mol. The van der Waals surface area contributed by atoms with Crippen molar-refractivity contribution in [2.45, 2.75) is 0 Å². The zero-order valence-electron chi connectivity index (χ0n) is 16.3. The first kappa shape index (κ1) is 18.5. The van der Waals surface area contributed by atoms with Crippen molar-refractivity contribution in [3.63, 3.8) is 0 Å². The van der Waals surface area contributed by atoms with Gasteiger partial charge in [0.1, 0.15) is 0 Å². The predicted molar refractivity (Wildman–Crippen MR) is 112 cm³/mol. The summed E-state index contributed by atoms with van der Waals surface area (Å²) in [6, 6.07) is 15.4. The Morgan fingerprint density at radius 2 is 1.45 bits per heavy atom. The zero-order valence-corrected chi connectivity index (χ0v) is 16.3. The van der Waals surface area contributed by atoms with E-state index in [4.69, 9.17) is 19.9 Å². The molecule has 0 aliphatic carbocycles. The van der Waals surface area contributed by atoms with E-state index in [0.717, 1.165) is 27.6 Å². The van der Waals surface area contributed by atoms with E-state index >= 15 is 0 Å². The smallest absolute Gasteiger partial charge is 0.221 e. The quantitative estimate of drug-likeness (QED) is 0.553. The lowest BCUT2D eigenvalue weighted by atomic mass is 10.0. The third kappa shape index (κ3) is 3.50. The minimum Gasteiger partial charge on any atom is -0.493 e. The van der Waals surface area contributed by atoms with Crippen LogP contribution >= 0.6 is 0 Å². The maximum Gasteiger partial charge on any atom is 0.221 e. The fourth-order valence-electron chi connectivity index (χ4n) is 3.20. The van der Waals surface area contributed by atoms with E-state index in [1.54, 1.807) is 33.6 Å². The van der Waals surface area contributed by atoms with Gasteiger partial charge in [0.05, 0.1) is 32.5 Å². The van der Waals surface area contributed by atoms with Crippen LogP contribution in [0.3, 0.4) is 0 Å². The summed E-state index contributed by atoms with van der Waals surface area (Å²) in [7, 11) is 4.81. The Hall–Kier alpha value is -3.87. The summed E-state index contributed by atoms with van der Waals surface area (Å²) in [6.07, 6.45) is 1.71. The minimum atomic E-state index is 0.210. The highest BCUT2D eigenvalue weighted by Gasteiger charge is 2.12. The molecule has 0 saturated carbocycles. The molecule has 2 aromatic heterocycles. The first-order valence-corrected chi connectivity index (χ1v) is 8.93. The molecule has 0 fully saturated rings. The number of methoxy groups -OCH3 is 3. The second-order valence-electron chi connectivity index (χ2n) is 6.32. The van der Waals surface area contributed by atoms with Crippen molar-refractivity contribution < 1.29 is 14.2 Å². The van der Waals surface area contributed by atoms with Crippen LogP contribution in [0.15, 0.2) is 54.7 Å². The molecule has 29 heavy (non-hydrogen) atoms. The van der Waals surface area contributed by atoms with E-state index in [1.807, 2.05) is 42.5 Å². The molecule has 0 radical (unpaired) electrons. The highest BCUT2D eigenvalue weighted by molar-refractivity contribution is 5.95. The Bertz CT molecular complexity index is 1180. The fourth-order valence-corrected chi connectivity index (χ4v) is 3.20. The Kier molecular flexibility index (Phi) is 4.87. The van der Waals surface area contributed by atoms with Crippen LogP contribution in [0.2, 0.25) is 0 Å². The summed E-state index contributed by atoms with van der Waals surface area (Å²) in [6.45, 7) is 0. The monoisotopic (exact) mass is 388 g/mol. The highest BCUT2D eigenvalue weighted by Crippen LogP contribution is 2.35. The van der Waals surface area contributed by atoms with Crippen LogP contribution in [0, 0.1) is 0 Å². The predicted octanol–water partition coefficient (Wildman–Crippen LogP) is 3.97. The molecule has 2 heterocycles. The number of nitrogens with zero attached hydrogens (tertiary/aromatic N) is 3. The topological polar surface area (TPSA) is 92.4 Å².